The molecule has 1 aromatic carbocycles. The molecule has 1 heterocycles. The highest BCUT2D eigenvalue weighted by molar-refractivity contribution is 7.09. The van der Waals surface area contributed by atoms with Gasteiger partial charge < -0.3 is 19.9 Å². The second-order valence-electron chi connectivity index (χ2n) is 4.51. The van der Waals surface area contributed by atoms with Gasteiger partial charge in [0.1, 0.15) is 11.6 Å². The highest BCUT2D eigenvalue weighted by Gasteiger charge is 2.11. The zero-order valence-electron chi connectivity index (χ0n) is 12.2. The minimum absolute atomic E-state index is 0.0172. The van der Waals surface area contributed by atoms with Crippen LogP contribution in [0.2, 0.25) is 0 Å². The molecule has 6 heteroatoms. The number of methoxy groups -OCH3 is 1. The highest BCUT2D eigenvalue weighted by atomic mass is 32.1. The van der Waals surface area contributed by atoms with Crippen LogP contribution in [-0.4, -0.2) is 30.4 Å². The van der Waals surface area contributed by atoms with E-state index in [4.69, 9.17) is 14.6 Å². The van der Waals surface area contributed by atoms with E-state index in [2.05, 4.69) is 17.2 Å². The van der Waals surface area contributed by atoms with Crippen molar-refractivity contribution in [3.8, 4) is 11.5 Å². The van der Waals surface area contributed by atoms with Crippen LogP contribution in [0, 0.1) is 0 Å². The van der Waals surface area contributed by atoms with Gasteiger partial charge >= 0.3 is 0 Å². The van der Waals surface area contributed by atoms with Gasteiger partial charge in [0.2, 0.25) is 0 Å². The van der Waals surface area contributed by atoms with Crippen molar-refractivity contribution in [2.24, 2.45) is 0 Å². The number of thiazole rings is 1. The fraction of sp³-hybridized carbons (Fsp3) is 0.400. The zero-order chi connectivity index (χ0) is 15.1. The van der Waals surface area contributed by atoms with Crippen LogP contribution in [0.3, 0.4) is 0 Å². The Balaban J connectivity index is 2.01. The summed E-state index contributed by atoms with van der Waals surface area (Å²) in [5.74, 6) is 1.31. The van der Waals surface area contributed by atoms with E-state index in [9.17, 15) is 0 Å². The maximum absolute atomic E-state index is 8.81. The largest absolute Gasteiger partial charge is 0.493 e. The van der Waals surface area contributed by atoms with Gasteiger partial charge in [-0.3, -0.25) is 0 Å². The van der Waals surface area contributed by atoms with Gasteiger partial charge in [-0.2, -0.15) is 0 Å². The fourth-order valence-corrected chi connectivity index (χ4v) is 2.49. The van der Waals surface area contributed by atoms with E-state index >= 15 is 0 Å². The van der Waals surface area contributed by atoms with Gasteiger partial charge in [-0.1, -0.05) is 6.07 Å². The van der Waals surface area contributed by atoms with Crippen LogP contribution in [0.1, 0.15) is 23.5 Å². The quantitative estimate of drug-likeness (QED) is 0.784. The lowest BCUT2D eigenvalue weighted by atomic mass is 10.1. The first-order valence-corrected chi connectivity index (χ1v) is 7.66. The smallest absolute Gasteiger partial charge is 0.161 e. The molecule has 2 aromatic rings. The Hall–Kier alpha value is -1.63. The molecule has 0 saturated heterocycles. The van der Waals surface area contributed by atoms with Crippen LogP contribution in [0.4, 0.5) is 0 Å². The molecular formula is C15H20N2O3S. The van der Waals surface area contributed by atoms with Gasteiger partial charge in [0.25, 0.3) is 0 Å². The number of aliphatic hydroxyl groups is 1. The predicted molar refractivity (Wildman–Crippen MR) is 82.9 cm³/mol. The second kappa shape index (κ2) is 7.97. The van der Waals surface area contributed by atoms with Crippen molar-refractivity contribution < 1.29 is 14.6 Å². The Bertz CT molecular complexity index is 546. The van der Waals surface area contributed by atoms with Gasteiger partial charge in [-0.15, -0.1) is 11.3 Å². The Kier molecular flexibility index (Phi) is 5.98. The summed E-state index contributed by atoms with van der Waals surface area (Å²) in [4.78, 5) is 4.25. The average molecular weight is 308 g/mol. The molecule has 5 nitrogen and oxygen atoms in total. The predicted octanol–water partition coefficient (Wildman–Crippen LogP) is 2.37. The van der Waals surface area contributed by atoms with E-state index in [0.29, 0.717) is 11.5 Å². The van der Waals surface area contributed by atoms with Crippen molar-refractivity contribution in [2.75, 3.05) is 20.3 Å². The first-order chi connectivity index (χ1) is 10.2. The van der Waals surface area contributed by atoms with Crippen molar-refractivity contribution >= 4 is 11.3 Å². The molecule has 0 aliphatic heterocycles. The molecule has 21 heavy (non-hydrogen) atoms. The molecule has 1 unspecified atom stereocenters. The third kappa shape index (κ3) is 4.42. The summed E-state index contributed by atoms with van der Waals surface area (Å²) in [6, 6.07) is 5.99. The van der Waals surface area contributed by atoms with Crippen molar-refractivity contribution in [1.29, 1.82) is 0 Å². The topological polar surface area (TPSA) is 63.6 Å². The molecule has 0 bridgehead atoms. The number of hydrogen-bond donors (Lipinski definition) is 2. The number of benzene rings is 1. The van der Waals surface area contributed by atoms with Crippen LogP contribution in [0.25, 0.3) is 0 Å². The standard InChI is InChI=1S/C15H20N2O3S/c1-11(17-10-15-16-5-8-21-15)12-3-4-13(20-7-6-18)14(9-12)19-2/h3-5,8-9,11,17-18H,6-7,10H2,1-2H3. The van der Waals surface area contributed by atoms with E-state index in [1.807, 2.05) is 29.8 Å². The molecule has 0 spiro atoms. The van der Waals surface area contributed by atoms with E-state index < -0.39 is 0 Å². The van der Waals surface area contributed by atoms with Crippen molar-refractivity contribution in [2.45, 2.75) is 19.5 Å². The van der Waals surface area contributed by atoms with E-state index in [1.54, 1.807) is 18.4 Å². The van der Waals surface area contributed by atoms with Crippen LogP contribution < -0.4 is 14.8 Å². The van der Waals surface area contributed by atoms with Gasteiger partial charge in [0.15, 0.2) is 11.5 Å². The van der Waals surface area contributed by atoms with Crippen molar-refractivity contribution in [1.82, 2.24) is 10.3 Å². The number of rotatable bonds is 8. The molecule has 2 N–H and O–H groups in total. The normalized spacial score (nSPS) is 12.1. The molecule has 0 amide bonds. The van der Waals surface area contributed by atoms with Crippen LogP contribution in [0.5, 0.6) is 11.5 Å². The van der Waals surface area contributed by atoms with Crippen LogP contribution >= 0.6 is 11.3 Å². The summed E-state index contributed by atoms with van der Waals surface area (Å²) in [5.41, 5.74) is 1.11. The molecule has 0 aliphatic carbocycles. The lowest BCUT2D eigenvalue weighted by Crippen LogP contribution is -2.18. The van der Waals surface area contributed by atoms with Gasteiger partial charge in [-0.25, -0.2) is 4.98 Å². The first-order valence-electron chi connectivity index (χ1n) is 6.78. The van der Waals surface area contributed by atoms with Crippen molar-refractivity contribution in [3.63, 3.8) is 0 Å². The summed E-state index contributed by atoms with van der Waals surface area (Å²) >= 11 is 1.64. The van der Waals surface area contributed by atoms with Gasteiger partial charge in [0.05, 0.1) is 13.7 Å². The molecule has 0 saturated carbocycles. The average Bonchev–Trinajstić information content (AvgIpc) is 3.03. The lowest BCUT2D eigenvalue weighted by molar-refractivity contribution is 0.196. The number of nitrogens with zero attached hydrogens (tertiary/aromatic N) is 1. The fourth-order valence-electron chi connectivity index (χ4n) is 1.93. The zero-order valence-corrected chi connectivity index (χ0v) is 13.0. The number of ether oxygens (including phenoxy) is 2. The minimum Gasteiger partial charge on any atom is -0.493 e. The maximum atomic E-state index is 8.81. The summed E-state index contributed by atoms with van der Waals surface area (Å²) in [6.45, 7) is 3.07. The molecule has 2 rings (SSSR count). The highest BCUT2D eigenvalue weighted by Crippen LogP contribution is 2.30. The molecular weight excluding hydrogens is 288 g/mol. The Labute approximate surface area is 128 Å². The Morgan fingerprint density at radius 2 is 2.24 bits per heavy atom. The van der Waals surface area contributed by atoms with Crippen molar-refractivity contribution in [3.05, 3.63) is 40.3 Å². The third-order valence-corrected chi connectivity index (χ3v) is 3.86. The first kappa shape index (κ1) is 15.8. The van der Waals surface area contributed by atoms with Crippen LogP contribution in [-0.2, 0) is 6.54 Å². The summed E-state index contributed by atoms with van der Waals surface area (Å²) < 4.78 is 10.8. The number of aliphatic hydroxyl groups excluding tert-OH is 1. The monoisotopic (exact) mass is 308 g/mol. The summed E-state index contributed by atoms with van der Waals surface area (Å²) in [6.07, 6.45) is 1.81. The molecule has 114 valence electrons. The molecule has 1 aromatic heterocycles. The summed E-state index contributed by atoms with van der Waals surface area (Å²) in [5, 5.41) is 15.3. The van der Waals surface area contributed by atoms with Gasteiger partial charge in [0, 0.05) is 24.2 Å². The van der Waals surface area contributed by atoms with E-state index in [0.717, 1.165) is 17.1 Å². The Morgan fingerprint density at radius 3 is 2.90 bits per heavy atom. The number of hydrogen-bond acceptors (Lipinski definition) is 6. The lowest BCUT2D eigenvalue weighted by Gasteiger charge is -2.16. The van der Waals surface area contributed by atoms with E-state index in [-0.39, 0.29) is 19.3 Å². The Morgan fingerprint density at radius 1 is 1.38 bits per heavy atom. The molecule has 0 fully saturated rings. The summed E-state index contributed by atoms with van der Waals surface area (Å²) in [7, 11) is 1.61. The number of aromatic nitrogens is 1. The SMILES string of the molecule is COc1cc(C(C)NCc2nccs2)ccc1OCCO. The maximum Gasteiger partial charge on any atom is 0.161 e. The van der Waals surface area contributed by atoms with Crippen LogP contribution in [0.15, 0.2) is 29.8 Å². The van der Waals surface area contributed by atoms with Gasteiger partial charge in [-0.05, 0) is 24.6 Å². The third-order valence-electron chi connectivity index (χ3n) is 3.08. The molecule has 1 atom stereocenters. The minimum atomic E-state index is -0.0172. The number of nitrogens with one attached hydrogen (secondary N) is 1. The van der Waals surface area contributed by atoms with E-state index in [1.165, 1.54) is 0 Å². The molecule has 0 radical (unpaired) electrons. The second-order valence-corrected chi connectivity index (χ2v) is 5.49. The molecule has 0 aliphatic rings.